The normalized spacial score (nSPS) is 27.8. The fourth-order valence-corrected chi connectivity index (χ4v) is 9.19. The molecule has 2 saturated carbocycles. The Labute approximate surface area is 320 Å². The molecule has 0 aromatic heterocycles. The molecule has 16 heteroatoms. The number of ketones is 1. The molecule has 3 heterocycles. The van der Waals surface area contributed by atoms with Crippen molar-refractivity contribution in [3.8, 4) is 0 Å². The Bertz CT molecular complexity index is 1910. The van der Waals surface area contributed by atoms with Crippen LogP contribution in [-0.4, -0.2) is 101 Å². The topological polar surface area (TPSA) is 177 Å². The van der Waals surface area contributed by atoms with Gasteiger partial charge in [-0.3, -0.25) is 33.6 Å². The highest BCUT2D eigenvalue weighted by Gasteiger charge is 2.61. The van der Waals surface area contributed by atoms with Crippen LogP contribution in [0.25, 0.3) is 0 Å². The highest BCUT2D eigenvalue weighted by molar-refractivity contribution is 7.90. The second-order valence-corrected chi connectivity index (χ2v) is 18.3. The molecule has 55 heavy (non-hydrogen) atoms. The van der Waals surface area contributed by atoms with Gasteiger partial charge in [-0.15, -0.1) is 0 Å². The van der Waals surface area contributed by atoms with Crippen molar-refractivity contribution < 1.29 is 51.0 Å². The zero-order valence-corrected chi connectivity index (χ0v) is 32.3. The van der Waals surface area contributed by atoms with E-state index in [1.807, 2.05) is 6.08 Å². The van der Waals surface area contributed by atoms with Gasteiger partial charge in [0.05, 0.1) is 42.1 Å². The average Bonchev–Trinajstić information content (AvgIpc) is 3.99. The Hall–Kier alpha value is -4.60. The van der Waals surface area contributed by atoms with Gasteiger partial charge in [-0.25, -0.2) is 17.6 Å². The summed E-state index contributed by atoms with van der Waals surface area (Å²) in [5.41, 5.74) is -1.27. The fraction of sp³-hybridized carbons (Fsp3) is 0.590. The van der Waals surface area contributed by atoms with Gasteiger partial charge in [-0.05, 0) is 76.5 Å². The van der Waals surface area contributed by atoms with Crippen LogP contribution in [0.2, 0.25) is 0 Å². The fourth-order valence-electron chi connectivity index (χ4n) is 7.81. The van der Waals surface area contributed by atoms with Gasteiger partial charge < -0.3 is 19.3 Å². The third kappa shape index (κ3) is 9.11. The number of carbonyl (C=O) groups is 6. The number of esters is 1. The van der Waals surface area contributed by atoms with Crippen LogP contribution in [-0.2, 0) is 56.6 Å². The minimum Gasteiger partial charge on any atom is -0.460 e. The van der Waals surface area contributed by atoms with Crippen molar-refractivity contribution in [3.05, 3.63) is 60.0 Å². The monoisotopic (exact) mass is 784 g/mol. The molecule has 6 rings (SSSR count). The smallest absolute Gasteiger partial charge is 0.410 e. The zero-order chi connectivity index (χ0) is 39.9. The third-order valence-corrected chi connectivity index (χ3v) is 12.7. The molecule has 14 nitrogen and oxygen atoms in total. The number of hydrogen-bond acceptors (Lipinski definition) is 10. The predicted molar refractivity (Wildman–Crippen MR) is 195 cm³/mol. The van der Waals surface area contributed by atoms with Crippen LogP contribution in [0.4, 0.5) is 9.18 Å². The van der Waals surface area contributed by atoms with E-state index in [1.54, 1.807) is 39.0 Å². The highest BCUT2D eigenvalue weighted by Crippen LogP contribution is 2.57. The van der Waals surface area contributed by atoms with E-state index < -0.39 is 98.1 Å². The summed E-state index contributed by atoms with van der Waals surface area (Å²) in [6, 6.07) is 3.35. The Morgan fingerprint density at radius 1 is 1.09 bits per heavy atom. The molecule has 4 amide bonds. The number of carbonyl (C=O) groups excluding carboxylic acids is 6. The van der Waals surface area contributed by atoms with Crippen LogP contribution in [0.1, 0.15) is 83.3 Å². The standard InChI is InChI=1S/C39H49FN4O10S/c1-5-33(46)42-15-8-6-7-11-26-18-39(26,36(49)41-55(51,52)28-13-14-28)19-32(45)31-17-27(53-37(50)43-20-24-10-9-12-30(40)29(24)23-43)22-44(31)35(48)25(21-42)16-34(47)54-38(2,3)4/h5,7,9-12,25-28,31H,1,6,8,13-23H2,2-4H3,(H,41,49)/b11-7-/t25-,26+,27?,31-,39+/m0/s1. The second-order valence-electron chi connectivity index (χ2n) is 16.3. The van der Waals surface area contributed by atoms with E-state index >= 15 is 0 Å². The minimum atomic E-state index is -3.93. The molecular formula is C39H49FN4O10S. The Balaban J connectivity index is 1.31. The van der Waals surface area contributed by atoms with Crippen LogP contribution >= 0.6 is 0 Å². The number of halogens is 1. The van der Waals surface area contributed by atoms with E-state index in [0.717, 1.165) is 6.08 Å². The molecule has 1 aromatic rings. The quantitative estimate of drug-likeness (QED) is 0.245. The van der Waals surface area contributed by atoms with Gasteiger partial charge in [0, 0.05) is 38.0 Å². The number of nitrogens with one attached hydrogen (secondary N) is 1. The summed E-state index contributed by atoms with van der Waals surface area (Å²) in [7, 11) is -3.93. The number of benzene rings is 1. The summed E-state index contributed by atoms with van der Waals surface area (Å²) < 4.78 is 53.8. The van der Waals surface area contributed by atoms with Gasteiger partial charge in [0.15, 0.2) is 5.78 Å². The van der Waals surface area contributed by atoms with Gasteiger partial charge in [0.2, 0.25) is 27.7 Å². The molecule has 2 aliphatic carbocycles. The summed E-state index contributed by atoms with van der Waals surface area (Å²) in [5, 5.41) is -0.667. The van der Waals surface area contributed by atoms with Crippen LogP contribution in [0.5, 0.6) is 0 Å². The van der Waals surface area contributed by atoms with Crippen molar-refractivity contribution in [2.45, 2.75) is 108 Å². The molecule has 0 spiro atoms. The average molecular weight is 785 g/mol. The molecule has 0 bridgehead atoms. The highest BCUT2D eigenvalue weighted by atomic mass is 32.2. The maximum atomic E-state index is 14.7. The van der Waals surface area contributed by atoms with E-state index in [0.29, 0.717) is 36.8 Å². The molecule has 3 aliphatic heterocycles. The Kier molecular flexibility index (Phi) is 11.3. The van der Waals surface area contributed by atoms with Gasteiger partial charge in [0.1, 0.15) is 17.5 Å². The summed E-state index contributed by atoms with van der Waals surface area (Å²) >= 11 is 0. The maximum absolute atomic E-state index is 14.7. The molecule has 1 saturated heterocycles. The molecular weight excluding hydrogens is 736 g/mol. The van der Waals surface area contributed by atoms with E-state index in [4.69, 9.17) is 9.47 Å². The first-order valence-electron chi connectivity index (χ1n) is 18.8. The summed E-state index contributed by atoms with van der Waals surface area (Å²) in [5.74, 6) is -5.22. The lowest BCUT2D eigenvalue weighted by Crippen LogP contribution is -2.49. The summed E-state index contributed by atoms with van der Waals surface area (Å²) in [4.78, 5) is 86.5. The maximum Gasteiger partial charge on any atom is 0.410 e. The Morgan fingerprint density at radius 2 is 1.84 bits per heavy atom. The van der Waals surface area contributed by atoms with E-state index in [1.165, 1.54) is 20.8 Å². The van der Waals surface area contributed by atoms with Crippen molar-refractivity contribution >= 4 is 45.6 Å². The molecule has 1 N–H and O–H groups in total. The predicted octanol–water partition coefficient (Wildman–Crippen LogP) is 3.53. The number of hydrogen-bond donors (Lipinski definition) is 1. The van der Waals surface area contributed by atoms with Crippen LogP contribution in [0.15, 0.2) is 43.0 Å². The lowest BCUT2D eigenvalue weighted by atomic mass is 9.91. The van der Waals surface area contributed by atoms with Crippen LogP contribution in [0.3, 0.4) is 0 Å². The molecule has 298 valence electrons. The van der Waals surface area contributed by atoms with Crippen molar-refractivity contribution in [2.75, 3.05) is 19.6 Å². The van der Waals surface area contributed by atoms with Crippen molar-refractivity contribution in [1.82, 2.24) is 19.4 Å². The van der Waals surface area contributed by atoms with Gasteiger partial charge in [-0.1, -0.05) is 30.9 Å². The lowest BCUT2D eigenvalue weighted by molar-refractivity contribution is -0.159. The number of ether oxygens (including phenoxy) is 2. The zero-order valence-electron chi connectivity index (χ0n) is 31.5. The van der Waals surface area contributed by atoms with Crippen LogP contribution < -0.4 is 4.72 Å². The van der Waals surface area contributed by atoms with Gasteiger partial charge in [0.25, 0.3) is 0 Å². The number of Topliss-reactive ketones (excluding diaryl/α,β-unsaturated/α-hetero) is 1. The number of fused-ring (bicyclic) bond motifs is 3. The second kappa shape index (κ2) is 15.5. The summed E-state index contributed by atoms with van der Waals surface area (Å²) in [6.45, 7) is 8.47. The van der Waals surface area contributed by atoms with Crippen molar-refractivity contribution in [3.63, 3.8) is 0 Å². The first kappa shape index (κ1) is 40.1. The molecule has 5 atom stereocenters. The first-order chi connectivity index (χ1) is 25.9. The number of rotatable bonds is 7. The number of nitrogens with zero attached hydrogens (tertiary/aromatic N) is 3. The number of amides is 4. The van der Waals surface area contributed by atoms with Crippen LogP contribution in [0, 0.1) is 23.1 Å². The van der Waals surface area contributed by atoms with Gasteiger partial charge in [-0.2, -0.15) is 0 Å². The van der Waals surface area contributed by atoms with E-state index in [-0.39, 0.29) is 52.0 Å². The molecule has 5 aliphatic rings. The van der Waals surface area contributed by atoms with Crippen molar-refractivity contribution in [2.24, 2.45) is 17.3 Å². The molecule has 3 fully saturated rings. The largest absolute Gasteiger partial charge is 0.460 e. The summed E-state index contributed by atoms with van der Waals surface area (Å²) in [6.07, 6.45) is 4.02. The minimum absolute atomic E-state index is 0.0278. The number of allylic oxidation sites excluding steroid dienone is 2. The molecule has 1 unspecified atom stereocenters. The van der Waals surface area contributed by atoms with Crippen molar-refractivity contribution in [1.29, 1.82) is 0 Å². The SMILES string of the molecule is C=CC(=O)N1CCC/C=C\[C@@H]2C[C@@]2(C(=O)NS(=O)(=O)C2CC2)CC(=O)[C@@H]2CC(OC(=O)N3Cc4cccc(F)c4C3)CN2C(=O)[C@@H](CC(=O)OC(C)(C)C)C1. The van der Waals surface area contributed by atoms with Gasteiger partial charge >= 0.3 is 12.1 Å². The molecule has 0 radical (unpaired) electrons. The first-order valence-corrected chi connectivity index (χ1v) is 20.4. The number of sulfonamides is 1. The third-order valence-electron chi connectivity index (χ3n) is 10.9. The Morgan fingerprint density at radius 3 is 2.51 bits per heavy atom. The lowest BCUT2D eigenvalue weighted by Gasteiger charge is -2.32. The van der Waals surface area contributed by atoms with E-state index in [9.17, 15) is 41.6 Å². The van der Waals surface area contributed by atoms with E-state index in [2.05, 4.69) is 11.3 Å². The molecule has 1 aromatic carbocycles.